The van der Waals surface area contributed by atoms with E-state index in [1.54, 1.807) is 7.11 Å². The van der Waals surface area contributed by atoms with Crippen LogP contribution in [-0.2, 0) is 0 Å². The summed E-state index contributed by atoms with van der Waals surface area (Å²) in [6.45, 7) is 3.99. The van der Waals surface area contributed by atoms with E-state index in [1.807, 2.05) is 68.4 Å². The molecule has 24 heavy (non-hydrogen) atoms. The van der Waals surface area contributed by atoms with Gasteiger partial charge in [0.25, 0.3) is 0 Å². The maximum absolute atomic E-state index is 5.37. The maximum atomic E-state index is 5.37. The number of rotatable bonds is 5. The van der Waals surface area contributed by atoms with Crippen molar-refractivity contribution < 1.29 is 4.74 Å². The fourth-order valence-corrected chi connectivity index (χ4v) is 2.41. The molecule has 0 atom stereocenters. The Kier molecular flexibility index (Phi) is 4.61. The fourth-order valence-electron chi connectivity index (χ4n) is 2.41. The third kappa shape index (κ3) is 3.63. The summed E-state index contributed by atoms with van der Waals surface area (Å²) in [5.41, 5.74) is 3.87. The van der Waals surface area contributed by atoms with Gasteiger partial charge in [-0.2, -0.15) is 4.98 Å². The summed E-state index contributed by atoms with van der Waals surface area (Å²) in [5.74, 6) is 2.03. The highest BCUT2D eigenvalue weighted by molar-refractivity contribution is 5.66. The number of nitrogens with one attached hydrogen (secondary N) is 2. The van der Waals surface area contributed by atoms with Crippen LogP contribution in [-0.4, -0.2) is 17.1 Å². The molecule has 0 aliphatic heterocycles. The lowest BCUT2D eigenvalue weighted by Crippen LogP contribution is -2.03. The molecule has 5 heteroatoms. The van der Waals surface area contributed by atoms with Crippen LogP contribution in [0.15, 0.2) is 54.6 Å². The summed E-state index contributed by atoms with van der Waals surface area (Å²) < 4.78 is 5.37. The van der Waals surface area contributed by atoms with Gasteiger partial charge >= 0.3 is 0 Å². The summed E-state index contributed by atoms with van der Waals surface area (Å²) in [6, 6.07) is 17.7. The van der Waals surface area contributed by atoms with Crippen molar-refractivity contribution in [2.45, 2.75) is 13.8 Å². The zero-order valence-corrected chi connectivity index (χ0v) is 14.0. The minimum atomic E-state index is 0.557. The topological polar surface area (TPSA) is 59.1 Å². The van der Waals surface area contributed by atoms with Crippen LogP contribution in [0.5, 0.6) is 5.75 Å². The highest BCUT2D eigenvalue weighted by Gasteiger charge is 2.07. The van der Waals surface area contributed by atoms with E-state index in [-0.39, 0.29) is 0 Å². The lowest BCUT2D eigenvalue weighted by Gasteiger charge is -2.13. The molecule has 5 nitrogen and oxygen atoms in total. The van der Waals surface area contributed by atoms with Crippen LogP contribution in [0.2, 0.25) is 0 Å². The number of methoxy groups -OCH3 is 1. The Morgan fingerprint density at radius 1 is 0.833 bits per heavy atom. The molecule has 3 rings (SSSR count). The van der Waals surface area contributed by atoms with Gasteiger partial charge in [-0.1, -0.05) is 30.3 Å². The Bertz CT molecular complexity index is 848. The van der Waals surface area contributed by atoms with Crippen molar-refractivity contribution >= 4 is 23.1 Å². The van der Waals surface area contributed by atoms with Crippen molar-refractivity contribution in [3.8, 4) is 5.75 Å². The molecule has 1 heterocycles. The maximum Gasteiger partial charge on any atom is 0.229 e. The van der Waals surface area contributed by atoms with E-state index in [4.69, 9.17) is 4.74 Å². The second-order valence-electron chi connectivity index (χ2n) is 5.48. The van der Waals surface area contributed by atoms with Crippen molar-refractivity contribution in [2.24, 2.45) is 0 Å². The van der Waals surface area contributed by atoms with Gasteiger partial charge in [0.15, 0.2) is 0 Å². The first-order valence-electron chi connectivity index (χ1n) is 7.74. The average Bonchev–Trinajstić information content (AvgIpc) is 2.57. The molecule has 1 aromatic heterocycles. The van der Waals surface area contributed by atoms with Crippen LogP contribution < -0.4 is 15.4 Å². The molecule has 3 aromatic rings. The smallest absolute Gasteiger partial charge is 0.229 e. The van der Waals surface area contributed by atoms with Gasteiger partial charge in [-0.05, 0) is 37.6 Å². The van der Waals surface area contributed by atoms with Crippen molar-refractivity contribution in [1.29, 1.82) is 0 Å². The molecule has 0 bridgehead atoms. The Morgan fingerprint density at radius 2 is 1.54 bits per heavy atom. The minimum absolute atomic E-state index is 0.557. The monoisotopic (exact) mass is 320 g/mol. The number of para-hydroxylation sites is 3. The van der Waals surface area contributed by atoms with Crippen LogP contribution >= 0.6 is 0 Å². The number of anilines is 4. The van der Waals surface area contributed by atoms with Crippen LogP contribution in [0.3, 0.4) is 0 Å². The van der Waals surface area contributed by atoms with Crippen LogP contribution in [0.1, 0.15) is 11.3 Å². The van der Waals surface area contributed by atoms with E-state index in [0.717, 1.165) is 28.4 Å². The molecule has 0 fully saturated rings. The molecule has 0 aliphatic carbocycles. The van der Waals surface area contributed by atoms with Gasteiger partial charge in [-0.25, -0.2) is 4.98 Å². The van der Waals surface area contributed by atoms with E-state index >= 15 is 0 Å². The molecule has 122 valence electrons. The number of benzene rings is 2. The molecule has 2 aromatic carbocycles. The number of aromatic nitrogens is 2. The van der Waals surface area contributed by atoms with Gasteiger partial charge in [0.1, 0.15) is 11.6 Å². The highest BCUT2D eigenvalue weighted by atomic mass is 16.5. The first kappa shape index (κ1) is 15.8. The molecule has 0 radical (unpaired) electrons. The molecule has 0 saturated carbocycles. The van der Waals surface area contributed by atoms with E-state index in [0.29, 0.717) is 11.8 Å². The Hall–Kier alpha value is -3.08. The number of ether oxygens (including phenoxy) is 1. The summed E-state index contributed by atoms with van der Waals surface area (Å²) in [5, 5.41) is 6.56. The first-order chi connectivity index (χ1) is 11.7. The first-order valence-corrected chi connectivity index (χ1v) is 7.74. The summed E-state index contributed by atoms with van der Waals surface area (Å²) in [6.07, 6.45) is 0. The lowest BCUT2D eigenvalue weighted by atomic mass is 10.2. The van der Waals surface area contributed by atoms with E-state index in [2.05, 4.69) is 20.6 Å². The fraction of sp³-hybridized carbons (Fsp3) is 0.158. The molecule has 0 aliphatic rings. The molecular weight excluding hydrogens is 300 g/mol. The van der Waals surface area contributed by atoms with Crippen molar-refractivity contribution in [3.63, 3.8) is 0 Å². The van der Waals surface area contributed by atoms with Crippen molar-refractivity contribution in [2.75, 3.05) is 17.7 Å². The Morgan fingerprint density at radius 3 is 2.29 bits per heavy atom. The predicted octanol–water partition coefficient (Wildman–Crippen LogP) is 4.59. The van der Waals surface area contributed by atoms with Crippen LogP contribution in [0.4, 0.5) is 23.1 Å². The SMILES string of the molecule is COc1ccccc1Nc1cc(C)nc(Nc2ccccc2C)n1. The molecule has 0 unspecified atom stereocenters. The predicted molar refractivity (Wildman–Crippen MR) is 97.5 cm³/mol. The Labute approximate surface area is 141 Å². The normalized spacial score (nSPS) is 10.3. The number of nitrogens with zero attached hydrogens (tertiary/aromatic N) is 2. The zero-order chi connectivity index (χ0) is 16.9. The van der Waals surface area contributed by atoms with Crippen LogP contribution in [0, 0.1) is 13.8 Å². The summed E-state index contributed by atoms with van der Waals surface area (Å²) >= 11 is 0. The standard InChI is InChI=1S/C19H20N4O/c1-13-8-4-5-9-15(13)22-19-20-14(2)12-18(23-19)21-16-10-6-7-11-17(16)24-3/h4-12H,1-3H3,(H2,20,21,22,23). The van der Waals surface area contributed by atoms with Gasteiger partial charge < -0.3 is 15.4 Å². The number of hydrogen-bond donors (Lipinski definition) is 2. The zero-order valence-electron chi connectivity index (χ0n) is 14.0. The van der Waals surface area contributed by atoms with E-state index in [1.165, 1.54) is 0 Å². The molecular formula is C19H20N4O. The molecule has 0 spiro atoms. The van der Waals surface area contributed by atoms with E-state index in [9.17, 15) is 0 Å². The van der Waals surface area contributed by atoms with Crippen molar-refractivity contribution in [3.05, 3.63) is 65.9 Å². The average molecular weight is 320 g/mol. The molecule has 0 saturated heterocycles. The van der Waals surface area contributed by atoms with Gasteiger partial charge in [0, 0.05) is 17.4 Å². The molecule has 0 amide bonds. The number of hydrogen-bond acceptors (Lipinski definition) is 5. The third-order valence-corrected chi connectivity index (χ3v) is 3.62. The highest BCUT2D eigenvalue weighted by Crippen LogP contribution is 2.27. The Balaban J connectivity index is 1.88. The molecule has 2 N–H and O–H groups in total. The van der Waals surface area contributed by atoms with Gasteiger partial charge in [0.05, 0.1) is 12.8 Å². The van der Waals surface area contributed by atoms with Crippen molar-refractivity contribution in [1.82, 2.24) is 9.97 Å². The van der Waals surface area contributed by atoms with Gasteiger partial charge in [-0.15, -0.1) is 0 Å². The lowest BCUT2D eigenvalue weighted by molar-refractivity contribution is 0.417. The minimum Gasteiger partial charge on any atom is -0.495 e. The summed E-state index contributed by atoms with van der Waals surface area (Å²) in [4.78, 5) is 9.01. The van der Waals surface area contributed by atoms with Gasteiger partial charge in [-0.3, -0.25) is 0 Å². The second-order valence-corrected chi connectivity index (χ2v) is 5.48. The largest absolute Gasteiger partial charge is 0.495 e. The van der Waals surface area contributed by atoms with E-state index < -0.39 is 0 Å². The quantitative estimate of drug-likeness (QED) is 0.720. The number of aryl methyl sites for hydroxylation is 2. The third-order valence-electron chi connectivity index (χ3n) is 3.62. The van der Waals surface area contributed by atoms with Crippen LogP contribution in [0.25, 0.3) is 0 Å². The van der Waals surface area contributed by atoms with Gasteiger partial charge in [0.2, 0.25) is 5.95 Å². The second kappa shape index (κ2) is 7.00. The summed E-state index contributed by atoms with van der Waals surface area (Å²) in [7, 11) is 1.65.